The van der Waals surface area contributed by atoms with Gasteiger partial charge in [0.1, 0.15) is 11.5 Å². The van der Waals surface area contributed by atoms with Crippen LogP contribution in [-0.4, -0.2) is 14.2 Å². The molecule has 0 saturated heterocycles. The highest BCUT2D eigenvalue weighted by Gasteiger charge is 2.09. The van der Waals surface area contributed by atoms with E-state index in [1.165, 1.54) is 32.9 Å². The minimum Gasteiger partial charge on any atom is -0.496 e. The van der Waals surface area contributed by atoms with Crippen LogP contribution < -0.4 is 20.1 Å². The Kier molecular flexibility index (Phi) is 6.71. The van der Waals surface area contributed by atoms with Gasteiger partial charge in [0.15, 0.2) is 0 Å². The molecular formula is C18H24ClO2P. The molecule has 0 radical (unpaired) electrons. The SMILES string of the molecule is COc1c(C)cc(Pc2cc(C)c(OC)c(C)c2)cc1C.Cl. The molecule has 0 aromatic heterocycles. The van der Waals surface area contributed by atoms with Crippen molar-refractivity contribution in [2.45, 2.75) is 27.7 Å². The average Bonchev–Trinajstić information content (AvgIpc) is 2.38. The van der Waals surface area contributed by atoms with E-state index in [9.17, 15) is 0 Å². The molecule has 0 aliphatic carbocycles. The summed E-state index contributed by atoms with van der Waals surface area (Å²) >= 11 is 0. The standard InChI is InChI=1S/C18H23O2P.ClH/c1-11-7-15(8-12(2)17(11)19-5)21-16-9-13(3)18(20-6)14(4)10-16;/h7-10,21H,1-6H3;1H. The van der Waals surface area contributed by atoms with Crippen molar-refractivity contribution in [3.63, 3.8) is 0 Å². The molecule has 0 bridgehead atoms. The molecule has 0 spiro atoms. The number of rotatable bonds is 4. The van der Waals surface area contributed by atoms with Crippen LogP contribution in [0.15, 0.2) is 24.3 Å². The van der Waals surface area contributed by atoms with Gasteiger partial charge in [-0.05, 0) is 84.8 Å². The van der Waals surface area contributed by atoms with Gasteiger partial charge in [0.05, 0.1) is 14.2 Å². The molecule has 0 aliphatic rings. The number of halogens is 1. The smallest absolute Gasteiger partial charge is 0.124 e. The van der Waals surface area contributed by atoms with Crippen molar-refractivity contribution in [3.8, 4) is 11.5 Å². The molecule has 0 unspecified atom stereocenters. The summed E-state index contributed by atoms with van der Waals surface area (Å²) in [6, 6.07) is 8.89. The minimum absolute atomic E-state index is 0. The zero-order chi connectivity index (χ0) is 15.6. The zero-order valence-electron chi connectivity index (χ0n) is 14.0. The number of benzene rings is 2. The van der Waals surface area contributed by atoms with Crippen molar-refractivity contribution >= 4 is 31.6 Å². The van der Waals surface area contributed by atoms with Gasteiger partial charge < -0.3 is 9.47 Å². The molecule has 2 aromatic carbocycles. The van der Waals surface area contributed by atoms with E-state index in [4.69, 9.17) is 9.47 Å². The summed E-state index contributed by atoms with van der Waals surface area (Å²) in [4.78, 5) is 0. The number of hydrogen-bond acceptors (Lipinski definition) is 2. The van der Waals surface area contributed by atoms with Crippen LogP contribution in [0.3, 0.4) is 0 Å². The molecule has 2 aromatic rings. The topological polar surface area (TPSA) is 18.5 Å². The second-order valence-electron chi connectivity index (χ2n) is 5.41. The third kappa shape index (κ3) is 3.94. The Morgan fingerprint density at radius 1 is 0.636 bits per heavy atom. The van der Waals surface area contributed by atoms with E-state index in [0.717, 1.165) is 11.5 Å². The zero-order valence-corrected chi connectivity index (χ0v) is 15.9. The lowest BCUT2D eigenvalue weighted by Gasteiger charge is -2.14. The van der Waals surface area contributed by atoms with E-state index in [-0.39, 0.29) is 12.4 Å². The van der Waals surface area contributed by atoms with Crippen molar-refractivity contribution in [1.29, 1.82) is 0 Å². The number of aryl methyl sites for hydroxylation is 4. The van der Waals surface area contributed by atoms with Crippen molar-refractivity contribution in [1.82, 2.24) is 0 Å². The summed E-state index contributed by atoms with van der Waals surface area (Å²) in [6.45, 7) is 8.41. The van der Waals surface area contributed by atoms with Crippen LogP contribution in [0.5, 0.6) is 11.5 Å². The van der Waals surface area contributed by atoms with Crippen LogP contribution in [0, 0.1) is 27.7 Å². The summed E-state index contributed by atoms with van der Waals surface area (Å²) in [5.41, 5.74) is 4.79. The molecule has 0 fully saturated rings. The molecule has 22 heavy (non-hydrogen) atoms. The molecule has 120 valence electrons. The summed E-state index contributed by atoms with van der Waals surface area (Å²) in [5, 5.41) is 2.68. The Labute approximate surface area is 141 Å². The molecule has 0 aliphatic heterocycles. The van der Waals surface area contributed by atoms with E-state index in [0.29, 0.717) is 8.58 Å². The van der Waals surface area contributed by atoms with Crippen molar-refractivity contribution in [2.24, 2.45) is 0 Å². The maximum absolute atomic E-state index is 5.44. The Balaban J connectivity index is 0.00000242. The molecule has 0 atom stereocenters. The van der Waals surface area contributed by atoms with Gasteiger partial charge in [0.25, 0.3) is 0 Å². The quantitative estimate of drug-likeness (QED) is 0.785. The summed E-state index contributed by atoms with van der Waals surface area (Å²) in [6.07, 6.45) is 0. The van der Waals surface area contributed by atoms with Crippen LogP contribution in [0.25, 0.3) is 0 Å². The highest BCUT2D eigenvalue weighted by Crippen LogP contribution is 2.27. The Hall–Kier alpha value is -1.24. The first-order valence-corrected chi connectivity index (χ1v) is 8.03. The van der Waals surface area contributed by atoms with Crippen molar-refractivity contribution < 1.29 is 9.47 Å². The van der Waals surface area contributed by atoms with Gasteiger partial charge in [0, 0.05) is 0 Å². The predicted octanol–water partition coefficient (Wildman–Crippen LogP) is 3.99. The van der Waals surface area contributed by atoms with Crippen molar-refractivity contribution in [2.75, 3.05) is 14.2 Å². The second-order valence-corrected chi connectivity index (χ2v) is 6.82. The van der Waals surface area contributed by atoms with E-state index in [1.54, 1.807) is 14.2 Å². The average molecular weight is 339 g/mol. The minimum atomic E-state index is 0. The van der Waals surface area contributed by atoms with Gasteiger partial charge >= 0.3 is 0 Å². The van der Waals surface area contributed by atoms with Gasteiger partial charge in [-0.2, -0.15) is 0 Å². The van der Waals surface area contributed by atoms with Gasteiger partial charge in [-0.1, -0.05) is 8.58 Å². The molecule has 0 saturated carbocycles. The molecule has 0 heterocycles. The molecule has 0 amide bonds. The Morgan fingerprint density at radius 2 is 0.909 bits per heavy atom. The number of ether oxygens (including phenoxy) is 2. The first-order valence-electron chi connectivity index (χ1n) is 7.03. The molecule has 4 heteroatoms. The molecule has 0 N–H and O–H groups in total. The van der Waals surface area contributed by atoms with Gasteiger partial charge in [-0.15, -0.1) is 12.4 Å². The Morgan fingerprint density at radius 3 is 1.14 bits per heavy atom. The molecule has 2 nitrogen and oxygen atoms in total. The fraction of sp³-hybridized carbons (Fsp3) is 0.333. The van der Waals surface area contributed by atoms with Gasteiger partial charge in [-0.3, -0.25) is 0 Å². The molecule has 2 rings (SSSR count). The van der Waals surface area contributed by atoms with Gasteiger partial charge in [-0.25, -0.2) is 0 Å². The van der Waals surface area contributed by atoms with Crippen LogP contribution in [0.2, 0.25) is 0 Å². The third-order valence-corrected chi connectivity index (χ3v) is 4.77. The first kappa shape index (κ1) is 18.8. The predicted molar refractivity (Wildman–Crippen MR) is 99.8 cm³/mol. The fourth-order valence-electron chi connectivity index (χ4n) is 2.86. The van der Waals surface area contributed by atoms with E-state index in [2.05, 4.69) is 52.0 Å². The summed E-state index contributed by atoms with van der Waals surface area (Å²) in [5.74, 6) is 1.98. The highest BCUT2D eigenvalue weighted by molar-refractivity contribution is 7.55. The second kappa shape index (κ2) is 7.85. The fourth-order valence-corrected chi connectivity index (χ4v) is 4.34. The monoisotopic (exact) mass is 338 g/mol. The van der Waals surface area contributed by atoms with Gasteiger partial charge in [0.2, 0.25) is 0 Å². The van der Waals surface area contributed by atoms with Crippen molar-refractivity contribution in [3.05, 3.63) is 46.5 Å². The molecular weight excluding hydrogens is 315 g/mol. The van der Waals surface area contributed by atoms with Crippen LogP contribution >= 0.6 is 21.0 Å². The van der Waals surface area contributed by atoms with Crippen LogP contribution in [0.1, 0.15) is 22.3 Å². The Bertz CT molecular complexity index is 565. The summed E-state index contributed by atoms with van der Waals surface area (Å²) in [7, 11) is 4.11. The highest BCUT2D eigenvalue weighted by atomic mass is 35.5. The van der Waals surface area contributed by atoms with E-state index >= 15 is 0 Å². The van der Waals surface area contributed by atoms with E-state index < -0.39 is 0 Å². The maximum atomic E-state index is 5.44. The van der Waals surface area contributed by atoms with Crippen LogP contribution in [-0.2, 0) is 0 Å². The first-order chi connectivity index (χ1) is 9.96. The lowest BCUT2D eigenvalue weighted by molar-refractivity contribution is 0.408. The summed E-state index contributed by atoms with van der Waals surface area (Å²) < 4.78 is 10.9. The number of hydrogen-bond donors (Lipinski definition) is 0. The lowest BCUT2D eigenvalue weighted by Crippen LogP contribution is -2.08. The lowest BCUT2D eigenvalue weighted by atomic mass is 10.1. The third-order valence-electron chi connectivity index (χ3n) is 3.62. The largest absolute Gasteiger partial charge is 0.496 e. The number of methoxy groups -OCH3 is 2. The van der Waals surface area contributed by atoms with Crippen LogP contribution in [0.4, 0.5) is 0 Å². The normalized spacial score (nSPS) is 10.1. The van der Waals surface area contributed by atoms with E-state index in [1.807, 2.05) is 0 Å². The maximum Gasteiger partial charge on any atom is 0.124 e.